The maximum absolute atomic E-state index is 10.0. The summed E-state index contributed by atoms with van der Waals surface area (Å²) >= 11 is 0. The van der Waals surface area contributed by atoms with Crippen LogP contribution in [0.25, 0.3) is 10.9 Å². The van der Waals surface area contributed by atoms with Crippen molar-refractivity contribution in [3.8, 4) is 17.2 Å². The van der Waals surface area contributed by atoms with Crippen molar-refractivity contribution in [1.82, 2.24) is 9.47 Å². The number of ether oxygens (including phenoxy) is 3. The van der Waals surface area contributed by atoms with E-state index in [4.69, 9.17) is 14.2 Å². The first-order valence-corrected chi connectivity index (χ1v) is 9.72. The van der Waals surface area contributed by atoms with E-state index in [0.717, 1.165) is 48.7 Å². The molecule has 1 N–H and O–H groups in total. The van der Waals surface area contributed by atoms with Crippen molar-refractivity contribution in [2.45, 2.75) is 39.6 Å². The highest BCUT2D eigenvalue weighted by atomic mass is 16.7. The average molecular weight is 394 g/mol. The van der Waals surface area contributed by atoms with Crippen LogP contribution in [-0.2, 0) is 26.1 Å². The lowest BCUT2D eigenvalue weighted by Gasteiger charge is -2.41. The van der Waals surface area contributed by atoms with E-state index in [9.17, 15) is 5.11 Å². The summed E-state index contributed by atoms with van der Waals surface area (Å²) in [7, 11) is 1.69. The summed E-state index contributed by atoms with van der Waals surface area (Å²) in [5.41, 5.74) is 6.30. The first-order valence-electron chi connectivity index (χ1n) is 9.72. The number of aliphatic hydroxyl groups is 1. The Morgan fingerprint density at radius 3 is 2.79 bits per heavy atom. The minimum atomic E-state index is -0.00799. The van der Waals surface area contributed by atoms with E-state index >= 15 is 0 Å². The van der Waals surface area contributed by atoms with E-state index in [0.29, 0.717) is 12.8 Å². The lowest BCUT2D eigenvalue weighted by molar-refractivity contribution is 0.146. The van der Waals surface area contributed by atoms with E-state index in [1.165, 1.54) is 27.8 Å². The van der Waals surface area contributed by atoms with Crippen LogP contribution in [0.15, 0.2) is 30.3 Å². The molecule has 3 aliphatic rings. The molecule has 6 nitrogen and oxygen atoms in total. The maximum atomic E-state index is 10.0. The molecule has 1 unspecified atom stereocenters. The van der Waals surface area contributed by atoms with Gasteiger partial charge in [-0.2, -0.15) is 0 Å². The van der Waals surface area contributed by atoms with Crippen LogP contribution in [0.1, 0.15) is 35.9 Å². The van der Waals surface area contributed by atoms with Crippen molar-refractivity contribution in [1.29, 1.82) is 0 Å². The van der Waals surface area contributed by atoms with E-state index in [1.54, 1.807) is 7.11 Å². The molecule has 0 amide bonds. The summed E-state index contributed by atoms with van der Waals surface area (Å²) < 4.78 is 18.7. The number of benzene rings is 2. The van der Waals surface area contributed by atoms with Crippen LogP contribution in [0.2, 0.25) is 0 Å². The van der Waals surface area contributed by atoms with Crippen molar-refractivity contribution < 1.29 is 19.3 Å². The Morgan fingerprint density at radius 1 is 1.17 bits per heavy atom. The smallest absolute Gasteiger partial charge is 0.231 e. The van der Waals surface area contributed by atoms with Crippen LogP contribution in [0.3, 0.4) is 0 Å². The Hall–Kier alpha value is -2.70. The molecule has 1 atom stereocenters. The third kappa shape index (κ3) is 2.56. The number of fused-ring (bicyclic) bond motifs is 7. The Labute approximate surface area is 170 Å². The molecule has 0 saturated carbocycles. The summed E-state index contributed by atoms with van der Waals surface area (Å²) in [6.45, 7) is 2.14. The molecular weight excluding hydrogens is 368 g/mol. The number of rotatable bonds is 2. The van der Waals surface area contributed by atoms with Crippen LogP contribution in [0.4, 0.5) is 0 Å². The second kappa shape index (κ2) is 6.68. The monoisotopic (exact) mass is 394 g/mol. The van der Waals surface area contributed by atoms with Crippen molar-refractivity contribution in [3.05, 3.63) is 52.7 Å². The molecule has 0 radical (unpaired) electrons. The van der Waals surface area contributed by atoms with Gasteiger partial charge in [-0.15, -0.1) is 0 Å². The quantitative estimate of drug-likeness (QED) is 0.720. The summed E-state index contributed by atoms with van der Waals surface area (Å²) in [5.74, 6) is 2.57. The molecule has 0 aliphatic carbocycles. The Balaban J connectivity index is 0.00000181. The molecule has 6 heteroatoms. The van der Waals surface area contributed by atoms with Gasteiger partial charge in [0.05, 0.1) is 12.6 Å². The zero-order valence-corrected chi connectivity index (χ0v) is 15.8. The number of nitrogens with zero attached hydrogens (tertiary/aromatic N) is 2. The lowest BCUT2D eigenvalue weighted by atomic mass is 9.85. The highest BCUT2D eigenvalue weighted by Crippen LogP contribution is 2.45. The highest BCUT2D eigenvalue weighted by molar-refractivity contribution is 5.87. The van der Waals surface area contributed by atoms with Gasteiger partial charge in [-0.25, -0.2) is 0 Å². The molecule has 6 rings (SSSR count). The fourth-order valence-electron chi connectivity index (χ4n) is 5.11. The molecule has 0 bridgehead atoms. The standard InChI is InChI=1S/C22H22N2O4.CH4/c1-26-14-2-3-18-16(7-14)17-8-19-15-9-22-21(27-12-28-22)6-13(15)4-5-23(19)10-20(17)24(18)11-25;/h2-3,6-7,9,19,25H,4-5,8,10-12H2,1H3;1H4. The van der Waals surface area contributed by atoms with Gasteiger partial charge in [0.25, 0.3) is 0 Å². The van der Waals surface area contributed by atoms with Crippen molar-refractivity contribution in [2.24, 2.45) is 0 Å². The minimum Gasteiger partial charge on any atom is -0.497 e. The van der Waals surface area contributed by atoms with Gasteiger partial charge in [0.1, 0.15) is 12.5 Å². The predicted molar refractivity (Wildman–Crippen MR) is 111 cm³/mol. The van der Waals surface area contributed by atoms with E-state index in [1.807, 2.05) is 16.7 Å². The Bertz CT molecular complexity index is 1100. The van der Waals surface area contributed by atoms with E-state index in [-0.39, 0.29) is 14.2 Å². The topological polar surface area (TPSA) is 56.1 Å². The predicted octanol–water partition coefficient (Wildman–Crippen LogP) is 3.62. The Kier molecular flexibility index (Phi) is 4.22. The maximum Gasteiger partial charge on any atom is 0.231 e. The molecule has 0 spiro atoms. The Morgan fingerprint density at radius 2 is 2.00 bits per heavy atom. The third-order valence-corrected chi connectivity index (χ3v) is 6.49. The van der Waals surface area contributed by atoms with Gasteiger partial charge in [0.2, 0.25) is 6.79 Å². The zero-order valence-electron chi connectivity index (χ0n) is 15.8. The molecule has 29 heavy (non-hydrogen) atoms. The van der Waals surface area contributed by atoms with Crippen LogP contribution < -0.4 is 14.2 Å². The molecule has 4 heterocycles. The first kappa shape index (κ1) is 18.3. The molecule has 0 fully saturated rings. The number of hydrogen-bond donors (Lipinski definition) is 1. The summed E-state index contributed by atoms with van der Waals surface area (Å²) in [5, 5.41) is 11.2. The largest absolute Gasteiger partial charge is 0.497 e. The molecular formula is C23H26N2O4. The van der Waals surface area contributed by atoms with Crippen molar-refractivity contribution >= 4 is 10.9 Å². The van der Waals surface area contributed by atoms with Gasteiger partial charge in [-0.05, 0) is 59.9 Å². The SMILES string of the molecule is C.COc1ccc2c(c1)c1c(n2CO)CN2CCc3cc4c(cc3C2C1)OCO4. The second-order valence-electron chi connectivity index (χ2n) is 7.72. The average Bonchev–Trinajstić information content (AvgIpc) is 3.31. The van der Waals surface area contributed by atoms with Gasteiger partial charge < -0.3 is 23.9 Å². The summed E-state index contributed by atoms with van der Waals surface area (Å²) in [6.07, 6.45) is 1.92. The normalized spacial score (nSPS) is 19.3. The zero-order chi connectivity index (χ0) is 18.8. The van der Waals surface area contributed by atoms with Gasteiger partial charge in [-0.3, -0.25) is 4.90 Å². The molecule has 3 aliphatic heterocycles. The molecule has 3 aromatic rings. The van der Waals surface area contributed by atoms with Gasteiger partial charge in [-0.1, -0.05) is 7.43 Å². The summed E-state index contributed by atoms with van der Waals surface area (Å²) in [6, 6.07) is 10.8. The molecule has 1 aromatic heterocycles. The summed E-state index contributed by atoms with van der Waals surface area (Å²) in [4.78, 5) is 2.52. The fourth-order valence-corrected chi connectivity index (χ4v) is 5.11. The molecule has 2 aromatic carbocycles. The van der Waals surface area contributed by atoms with Crippen molar-refractivity contribution in [3.63, 3.8) is 0 Å². The number of aliphatic hydroxyl groups excluding tert-OH is 1. The number of hydrogen-bond acceptors (Lipinski definition) is 5. The highest BCUT2D eigenvalue weighted by Gasteiger charge is 2.36. The van der Waals surface area contributed by atoms with E-state index in [2.05, 4.69) is 23.1 Å². The minimum absolute atomic E-state index is 0. The fraction of sp³-hybridized carbons (Fsp3) is 0.391. The van der Waals surface area contributed by atoms with Crippen LogP contribution >= 0.6 is 0 Å². The lowest BCUT2D eigenvalue weighted by Crippen LogP contribution is -2.39. The van der Waals surface area contributed by atoms with Crippen LogP contribution in [0, 0.1) is 0 Å². The van der Waals surface area contributed by atoms with Gasteiger partial charge in [0.15, 0.2) is 11.5 Å². The number of methoxy groups -OCH3 is 1. The first-order chi connectivity index (χ1) is 13.8. The van der Waals surface area contributed by atoms with Crippen LogP contribution in [-0.4, -0.2) is 35.0 Å². The van der Waals surface area contributed by atoms with E-state index < -0.39 is 0 Å². The van der Waals surface area contributed by atoms with Crippen molar-refractivity contribution in [2.75, 3.05) is 20.4 Å². The molecule has 152 valence electrons. The number of aromatic nitrogens is 1. The third-order valence-electron chi connectivity index (χ3n) is 6.49. The van der Waals surface area contributed by atoms with Crippen LogP contribution in [0.5, 0.6) is 17.2 Å². The molecule has 0 saturated heterocycles. The van der Waals surface area contributed by atoms with Gasteiger partial charge in [0, 0.05) is 30.2 Å². The van der Waals surface area contributed by atoms with Gasteiger partial charge >= 0.3 is 0 Å². The second-order valence-corrected chi connectivity index (χ2v) is 7.72.